The highest BCUT2D eigenvalue weighted by atomic mass is 32.2. The number of hydrogen-bond acceptors (Lipinski definition) is 7. The Morgan fingerprint density at radius 1 is 1.10 bits per heavy atom. The van der Waals surface area contributed by atoms with E-state index < -0.39 is 5.82 Å². The molecule has 3 aromatic rings. The smallest absolute Gasteiger partial charge is 0.254 e. The zero-order chi connectivity index (χ0) is 20.8. The number of aromatic nitrogens is 2. The van der Waals surface area contributed by atoms with Crippen LogP contribution in [-0.2, 0) is 0 Å². The van der Waals surface area contributed by atoms with Crippen molar-refractivity contribution < 1.29 is 13.9 Å². The van der Waals surface area contributed by atoms with Crippen LogP contribution >= 0.6 is 11.8 Å². The molecule has 0 aliphatic heterocycles. The highest BCUT2D eigenvalue weighted by Crippen LogP contribution is 2.32. The van der Waals surface area contributed by atoms with Crippen molar-refractivity contribution in [2.75, 3.05) is 31.0 Å². The summed E-state index contributed by atoms with van der Waals surface area (Å²) in [5.41, 5.74) is 1.12. The zero-order valence-electron chi connectivity index (χ0n) is 16.1. The first kappa shape index (κ1) is 20.4. The number of benzene rings is 1. The number of pyridine rings is 2. The first-order chi connectivity index (χ1) is 14.0. The Labute approximate surface area is 172 Å². The molecule has 2 heterocycles. The topological polar surface area (TPSA) is 88.2 Å². The van der Waals surface area contributed by atoms with Crippen LogP contribution in [0.25, 0.3) is 0 Å². The predicted octanol–water partition coefficient (Wildman–Crippen LogP) is 4.19. The summed E-state index contributed by atoms with van der Waals surface area (Å²) in [4.78, 5) is 21.9. The van der Waals surface area contributed by atoms with Crippen molar-refractivity contribution in [3.63, 3.8) is 0 Å². The van der Waals surface area contributed by atoms with Crippen molar-refractivity contribution >= 4 is 40.7 Å². The molecule has 1 amide bonds. The van der Waals surface area contributed by atoms with Gasteiger partial charge >= 0.3 is 0 Å². The summed E-state index contributed by atoms with van der Waals surface area (Å²) in [7, 11) is 2.91. The summed E-state index contributed by atoms with van der Waals surface area (Å²) in [6.45, 7) is 0. The van der Waals surface area contributed by atoms with E-state index in [1.807, 2.05) is 18.4 Å². The second-order valence-electron chi connectivity index (χ2n) is 5.85. The third kappa shape index (κ3) is 4.75. The summed E-state index contributed by atoms with van der Waals surface area (Å²) in [5.74, 6) is 0.303. The van der Waals surface area contributed by atoms with Crippen LogP contribution in [0.4, 0.5) is 27.4 Å². The monoisotopic (exact) mass is 413 g/mol. The molecule has 0 radical (unpaired) electrons. The van der Waals surface area contributed by atoms with E-state index in [1.165, 1.54) is 26.4 Å². The molecule has 29 heavy (non-hydrogen) atoms. The molecule has 0 saturated carbocycles. The molecule has 0 spiro atoms. The minimum atomic E-state index is -0.510. The van der Waals surface area contributed by atoms with Crippen molar-refractivity contribution in [3.8, 4) is 5.75 Å². The van der Waals surface area contributed by atoms with E-state index in [2.05, 4.69) is 25.9 Å². The molecule has 3 N–H and O–H groups in total. The molecule has 7 nitrogen and oxygen atoms in total. The third-order valence-electron chi connectivity index (χ3n) is 4.04. The van der Waals surface area contributed by atoms with Gasteiger partial charge in [0, 0.05) is 30.4 Å². The molecule has 3 rings (SSSR count). The maximum atomic E-state index is 14.0. The number of thioether (sulfide) groups is 1. The van der Waals surface area contributed by atoms with Gasteiger partial charge in [0.15, 0.2) is 11.6 Å². The van der Waals surface area contributed by atoms with Gasteiger partial charge in [-0.2, -0.15) is 0 Å². The lowest BCUT2D eigenvalue weighted by molar-refractivity contribution is 0.0963. The van der Waals surface area contributed by atoms with E-state index in [9.17, 15) is 9.18 Å². The van der Waals surface area contributed by atoms with Crippen LogP contribution in [0.5, 0.6) is 5.75 Å². The van der Waals surface area contributed by atoms with E-state index in [-0.39, 0.29) is 11.7 Å². The maximum absolute atomic E-state index is 14.0. The predicted molar refractivity (Wildman–Crippen MR) is 113 cm³/mol. The number of amides is 1. The largest absolute Gasteiger partial charge is 0.492 e. The number of para-hydroxylation sites is 1. The highest BCUT2D eigenvalue weighted by molar-refractivity contribution is 7.98. The Bertz CT molecular complexity index is 1030. The summed E-state index contributed by atoms with van der Waals surface area (Å²) in [5, 5.41) is 8.75. The van der Waals surface area contributed by atoms with Crippen LogP contribution in [0.3, 0.4) is 0 Å². The Kier molecular flexibility index (Phi) is 6.50. The van der Waals surface area contributed by atoms with Crippen LogP contribution < -0.4 is 20.7 Å². The first-order valence-electron chi connectivity index (χ1n) is 8.64. The molecule has 0 fully saturated rings. The summed E-state index contributed by atoms with van der Waals surface area (Å²) in [6, 6.07) is 9.96. The molecular formula is C20H20FN5O2S. The lowest BCUT2D eigenvalue weighted by atomic mass is 10.2. The summed E-state index contributed by atoms with van der Waals surface area (Å²) in [6.07, 6.45) is 5.11. The second-order valence-corrected chi connectivity index (χ2v) is 6.73. The summed E-state index contributed by atoms with van der Waals surface area (Å²) < 4.78 is 19.2. The summed E-state index contributed by atoms with van der Waals surface area (Å²) >= 11 is 1.60. The second kappa shape index (κ2) is 9.24. The number of carbonyl (C=O) groups excluding carboxylic acids is 1. The van der Waals surface area contributed by atoms with Crippen molar-refractivity contribution in [1.29, 1.82) is 0 Å². The standard InChI is InChI=1S/C20H20FN5O2S/c1-22-20(27)13-11-24-18(26-17-9-12(29-3)7-8-23-17)10-16(13)25-15-6-4-5-14(21)19(15)28-2/h4-11H,1-3H3,(H,22,27)(H2,23,24,25,26). The molecule has 0 unspecified atom stereocenters. The average molecular weight is 413 g/mol. The van der Waals surface area contributed by atoms with Crippen molar-refractivity contribution in [1.82, 2.24) is 15.3 Å². The van der Waals surface area contributed by atoms with Crippen LogP contribution in [0.2, 0.25) is 0 Å². The van der Waals surface area contributed by atoms with Gasteiger partial charge in [-0.15, -0.1) is 11.8 Å². The fourth-order valence-electron chi connectivity index (χ4n) is 2.64. The number of hydrogen-bond donors (Lipinski definition) is 3. The SMILES string of the molecule is CNC(=O)c1cnc(Nc2cc(SC)ccn2)cc1Nc1cccc(F)c1OC. The fourth-order valence-corrected chi connectivity index (χ4v) is 3.07. The van der Waals surface area contributed by atoms with Crippen LogP contribution in [0, 0.1) is 5.82 Å². The minimum absolute atomic E-state index is 0.0519. The van der Waals surface area contributed by atoms with Crippen molar-refractivity contribution in [2.24, 2.45) is 0 Å². The van der Waals surface area contributed by atoms with Gasteiger partial charge in [0.25, 0.3) is 5.91 Å². The molecule has 0 atom stereocenters. The number of ether oxygens (including phenoxy) is 1. The van der Waals surface area contributed by atoms with Gasteiger partial charge in [-0.3, -0.25) is 4.79 Å². The molecule has 9 heteroatoms. The first-order valence-corrected chi connectivity index (χ1v) is 9.87. The lowest BCUT2D eigenvalue weighted by Gasteiger charge is -2.15. The third-order valence-corrected chi connectivity index (χ3v) is 4.76. The number of rotatable bonds is 7. The molecule has 0 aliphatic carbocycles. The van der Waals surface area contributed by atoms with Crippen molar-refractivity contribution in [2.45, 2.75) is 4.90 Å². The Morgan fingerprint density at radius 3 is 2.62 bits per heavy atom. The van der Waals surface area contributed by atoms with E-state index in [1.54, 1.807) is 36.2 Å². The lowest BCUT2D eigenvalue weighted by Crippen LogP contribution is -2.19. The molecule has 0 aliphatic rings. The van der Waals surface area contributed by atoms with Gasteiger partial charge in [-0.1, -0.05) is 6.07 Å². The molecule has 0 bridgehead atoms. The highest BCUT2D eigenvalue weighted by Gasteiger charge is 2.16. The van der Waals surface area contributed by atoms with Gasteiger partial charge in [-0.05, 0) is 30.5 Å². The zero-order valence-corrected chi connectivity index (χ0v) is 16.9. The Morgan fingerprint density at radius 2 is 1.90 bits per heavy atom. The van der Waals surface area contributed by atoms with Crippen LogP contribution in [-0.4, -0.2) is 36.3 Å². The molecule has 1 aromatic carbocycles. The van der Waals surface area contributed by atoms with E-state index in [0.29, 0.717) is 28.6 Å². The van der Waals surface area contributed by atoms with E-state index >= 15 is 0 Å². The quantitative estimate of drug-likeness (QED) is 0.501. The van der Waals surface area contributed by atoms with Crippen LogP contribution in [0.15, 0.2) is 53.7 Å². The van der Waals surface area contributed by atoms with E-state index in [0.717, 1.165) is 4.90 Å². The average Bonchev–Trinajstić information content (AvgIpc) is 2.74. The number of anilines is 4. The number of carbonyl (C=O) groups is 1. The van der Waals surface area contributed by atoms with Crippen molar-refractivity contribution in [3.05, 3.63) is 60.2 Å². The number of nitrogens with one attached hydrogen (secondary N) is 3. The fraction of sp³-hybridized carbons (Fsp3) is 0.150. The van der Waals surface area contributed by atoms with Crippen LogP contribution in [0.1, 0.15) is 10.4 Å². The molecule has 150 valence electrons. The van der Waals surface area contributed by atoms with Gasteiger partial charge in [0.05, 0.1) is 24.0 Å². The Balaban J connectivity index is 1.98. The van der Waals surface area contributed by atoms with Gasteiger partial charge in [0.2, 0.25) is 0 Å². The Hall–Kier alpha value is -3.33. The number of halogens is 1. The molecule has 2 aromatic heterocycles. The van der Waals surface area contributed by atoms with Gasteiger partial charge in [-0.25, -0.2) is 14.4 Å². The number of nitrogens with zero attached hydrogens (tertiary/aromatic N) is 2. The number of methoxy groups -OCH3 is 1. The molecular weight excluding hydrogens is 393 g/mol. The normalized spacial score (nSPS) is 10.3. The molecule has 0 saturated heterocycles. The van der Waals surface area contributed by atoms with Gasteiger partial charge in [0.1, 0.15) is 11.6 Å². The minimum Gasteiger partial charge on any atom is -0.492 e. The van der Waals surface area contributed by atoms with E-state index in [4.69, 9.17) is 4.74 Å². The maximum Gasteiger partial charge on any atom is 0.254 e. The van der Waals surface area contributed by atoms with Gasteiger partial charge < -0.3 is 20.7 Å².